The summed E-state index contributed by atoms with van der Waals surface area (Å²) < 4.78 is 25.3. The van der Waals surface area contributed by atoms with Crippen LogP contribution in [0.25, 0.3) is 11.1 Å². The first-order chi connectivity index (χ1) is 19.5. The van der Waals surface area contributed by atoms with E-state index in [0.717, 1.165) is 55.5 Å². The molecular formula is C31H37FN6O3. The second-order valence-electron chi connectivity index (χ2n) is 14.2. The van der Waals surface area contributed by atoms with Gasteiger partial charge in [0.2, 0.25) is 11.8 Å². The molecule has 6 saturated carbocycles. The van der Waals surface area contributed by atoms with Crippen LogP contribution in [-0.4, -0.2) is 50.3 Å². The number of alkyl halides is 1. The highest BCUT2D eigenvalue weighted by Crippen LogP contribution is 2.70. The van der Waals surface area contributed by atoms with Gasteiger partial charge in [0.25, 0.3) is 0 Å². The first-order valence-corrected chi connectivity index (χ1v) is 14.6. The molecule has 3 heterocycles. The Bertz CT molecular complexity index is 1450. The predicted molar refractivity (Wildman–Crippen MR) is 149 cm³/mol. The lowest BCUT2D eigenvalue weighted by Crippen LogP contribution is -2.71. The number of hydrogen-bond acceptors (Lipinski definition) is 8. The Morgan fingerprint density at radius 1 is 1.02 bits per heavy atom. The smallest absolute Gasteiger partial charge is 0.316 e. The number of ether oxygens (including phenoxy) is 1. The van der Waals surface area contributed by atoms with E-state index in [4.69, 9.17) is 14.2 Å². The van der Waals surface area contributed by atoms with Crippen LogP contribution in [-0.2, 0) is 15.6 Å². The van der Waals surface area contributed by atoms with Crippen LogP contribution in [0.2, 0.25) is 0 Å². The van der Waals surface area contributed by atoms with Crippen molar-refractivity contribution in [3.8, 4) is 17.1 Å². The van der Waals surface area contributed by atoms with Gasteiger partial charge < -0.3 is 9.26 Å². The minimum absolute atomic E-state index is 0.0115. The third-order valence-electron chi connectivity index (χ3n) is 10.3. The molecule has 10 heteroatoms. The van der Waals surface area contributed by atoms with E-state index in [2.05, 4.69) is 40.9 Å². The summed E-state index contributed by atoms with van der Waals surface area (Å²) in [5.74, 6) is 2.13. The summed E-state index contributed by atoms with van der Waals surface area (Å²) in [6.07, 6.45) is 11.9. The number of anilines is 1. The summed E-state index contributed by atoms with van der Waals surface area (Å²) in [6, 6.07) is 4.11. The van der Waals surface area contributed by atoms with Crippen molar-refractivity contribution in [2.75, 3.05) is 18.6 Å². The van der Waals surface area contributed by atoms with Gasteiger partial charge in [-0.15, -0.1) is 0 Å². The van der Waals surface area contributed by atoms with Gasteiger partial charge in [-0.1, -0.05) is 25.9 Å². The van der Waals surface area contributed by atoms with Gasteiger partial charge in [-0.05, 0) is 80.9 Å². The number of hydrogen-bond donors (Lipinski definition) is 0. The van der Waals surface area contributed by atoms with Crippen LogP contribution in [0.5, 0.6) is 6.01 Å². The van der Waals surface area contributed by atoms with E-state index < -0.39 is 11.1 Å². The SMILES string of the molecule is COc1ncc(-c2ccnc(N(CC34CCC(c5noc(C(C)(C)C)n5)(CC3)CC4)C(=O)C34CC(F)(C3)C4)c2)cn1. The van der Waals surface area contributed by atoms with Crippen molar-refractivity contribution in [3.05, 3.63) is 42.4 Å². The molecule has 1 amide bonds. The fraction of sp³-hybridized carbons (Fsp3) is 0.613. The molecule has 0 radical (unpaired) electrons. The van der Waals surface area contributed by atoms with Gasteiger partial charge in [-0.25, -0.2) is 19.3 Å². The minimum Gasteiger partial charge on any atom is -0.467 e. The van der Waals surface area contributed by atoms with Crippen LogP contribution in [0, 0.1) is 10.8 Å². The molecule has 41 heavy (non-hydrogen) atoms. The van der Waals surface area contributed by atoms with Crippen molar-refractivity contribution in [3.63, 3.8) is 0 Å². The molecule has 9 nitrogen and oxygen atoms in total. The predicted octanol–water partition coefficient (Wildman–Crippen LogP) is 5.75. The fourth-order valence-electron chi connectivity index (χ4n) is 7.67. The molecule has 0 spiro atoms. The lowest BCUT2D eigenvalue weighted by Gasteiger charge is -2.65. The highest BCUT2D eigenvalue weighted by molar-refractivity contribution is 6.00. The Kier molecular flexibility index (Phi) is 5.67. The fourth-order valence-corrected chi connectivity index (χ4v) is 7.67. The van der Waals surface area contributed by atoms with Crippen LogP contribution >= 0.6 is 0 Å². The Balaban J connectivity index is 1.16. The molecular weight excluding hydrogens is 523 g/mol. The van der Waals surface area contributed by atoms with E-state index in [0.29, 0.717) is 43.5 Å². The first-order valence-electron chi connectivity index (χ1n) is 14.6. The zero-order valence-corrected chi connectivity index (χ0v) is 24.2. The molecule has 216 valence electrons. The van der Waals surface area contributed by atoms with E-state index in [1.54, 1.807) is 18.6 Å². The molecule has 6 aliphatic carbocycles. The number of nitrogens with zero attached hydrogens (tertiary/aromatic N) is 6. The molecule has 0 atom stereocenters. The Morgan fingerprint density at radius 2 is 1.68 bits per heavy atom. The monoisotopic (exact) mass is 560 g/mol. The zero-order valence-electron chi connectivity index (χ0n) is 24.2. The van der Waals surface area contributed by atoms with Crippen molar-refractivity contribution in [2.45, 2.75) is 95.1 Å². The Labute approximate surface area is 239 Å². The molecule has 0 saturated heterocycles. The largest absolute Gasteiger partial charge is 0.467 e. The molecule has 3 aromatic rings. The Hall–Kier alpha value is -3.43. The quantitative estimate of drug-likeness (QED) is 0.360. The number of halogens is 1. The van der Waals surface area contributed by atoms with E-state index in [9.17, 15) is 9.18 Å². The van der Waals surface area contributed by atoms with Crippen LogP contribution < -0.4 is 9.64 Å². The molecule has 6 fully saturated rings. The standard InChI is InChI=1S/C31H37FN6O3/c1-27(2,3)24-36-23(37-41-24)29-9-6-28(7-10-29,8-11-29)19-38(25(39)30-16-31(32,17-30)18-30)22-13-20(5-12-33-22)21-14-34-26(40-4)35-15-21/h5,12-15H,6-11,16-19H2,1-4H3. The minimum atomic E-state index is -1.15. The van der Waals surface area contributed by atoms with Crippen LogP contribution in [0.15, 0.2) is 35.2 Å². The second-order valence-corrected chi connectivity index (χ2v) is 14.2. The number of pyridine rings is 1. The Morgan fingerprint density at radius 3 is 2.24 bits per heavy atom. The normalized spacial score (nSPS) is 31.7. The lowest BCUT2D eigenvalue weighted by molar-refractivity contribution is -0.211. The van der Waals surface area contributed by atoms with Gasteiger partial charge in [0.05, 0.1) is 12.5 Å². The van der Waals surface area contributed by atoms with Crippen LogP contribution in [0.4, 0.5) is 10.2 Å². The molecule has 6 aliphatic rings. The highest BCUT2D eigenvalue weighted by Gasteiger charge is 2.73. The molecule has 3 aromatic heterocycles. The number of carbonyl (C=O) groups excluding carboxylic acids is 1. The van der Waals surface area contributed by atoms with Crippen molar-refractivity contribution >= 4 is 11.7 Å². The van der Waals surface area contributed by atoms with Gasteiger partial charge in [-0.2, -0.15) is 4.98 Å². The van der Waals surface area contributed by atoms with Crippen LogP contribution in [0.3, 0.4) is 0 Å². The number of methoxy groups -OCH3 is 1. The van der Waals surface area contributed by atoms with Crippen LogP contribution in [0.1, 0.15) is 90.3 Å². The lowest BCUT2D eigenvalue weighted by atomic mass is 9.41. The molecule has 0 N–H and O–H groups in total. The summed E-state index contributed by atoms with van der Waals surface area (Å²) in [4.78, 5) is 34.0. The maximum atomic E-state index is 14.5. The van der Waals surface area contributed by atoms with E-state index in [1.165, 1.54) is 7.11 Å². The summed E-state index contributed by atoms with van der Waals surface area (Å²) in [5.41, 5.74) is -0.339. The van der Waals surface area contributed by atoms with Crippen molar-refractivity contribution < 1.29 is 18.4 Å². The topological polar surface area (TPSA) is 107 Å². The molecule has 9 rings (SSSR count). The zero-order chi connectivity index (χ0) is 28.7. The highest BCUT2D eigenvalue weighted by atomic mass is 19.1. The molecule has 0 unspecified atom stereocenters. The van der Waals surface area contributed by atoms with E-state index >= 15 is 0 Å². The third kappa shape index (κ3) is 4.24. The molecule has 0 aliphatic heterocycles. The summed E-state index contributed by atoms with van der Waals surface area (Å²) >= 11 is 0. The van der Waals surface area contributed by atoms with Gasteiger partial charge in [0.1, 0.15) is 11.5 Å². The molecule has 4 bridgehead atoms. The van der Waals surface area contributed by atoms with Gasteiger partial charge >= 0.3 is 6.01 Å². The van der Waals surface area contributed by atoms with E-state index in [-0.39, 0.29) is 22.2 Å². The maximum Gasteiger partial charge on any atom is 0.316 e. The summed E-state index contributed by atoms with van der Waals surface area (Å²) in [6.45, 7) is 6.84. The summed E-state index contributed by atoms with van der Waals surface area (Å²) in [7, 11) is 1.53. The van der Waals surface area contributed by atoms with E-state index in [1.807, 2.05) is 17.0 Å². The molecule has 0 aromatic carbocycles. The summed E-state index contributed by atoms with van der Waals surface area (Å²) in [5, 5.41) is 4.43. The number of fused-ring (bicyclic) bond motifs is 3. The van der Waals surface area contributed by atoms with Crippen molar-refractivity contribution in [1.29, 1.82) is 0 Å². The third-order valence-corrected chi connectivity index (χ3v) is 10.3. The second kappa shape index (κ2) is 8.79. The van der Waals surface area contributed by atoms with Crippen molar-refractivity contribution in [2.24, 2.45) is 10.8 Å². The average molecular weight is 561 g/mol. The number of aromatic nitrogens is 5. The average Bonchev–Trinajstić information content (AvgIpc) is 3.47. The van der Waals surface area contributed by atoms with Gasteiger partial charge in [-0.3, -0.25) is 9.69 Å². The number of rotatable bonds is 7. The number of carbonyl (C=O) groups is 1. The van der Waals surface area contributed by atoms with Gasteiger partial charge in [0, 0.05) is 41.5 Å². The number of amides is 1. The maximum absolute atomic E-state index is 14.5. The van der Waals surface area contributed by atoms with Crippen molar-refractivity contribution in [1.82, 2.24) is 25.1 Å². The first kappa shape index (κ1) is 26.5. The van der Waals surface area contributed by atoms with Gasteiger partial charge in [0.15, 0.2) is 5.82 Å².